The van der Waals surface area contributed by atoms with Gasteiger partial charge in [0.15, 0.2) is 0 Å². The largest absolute Gasteiger partial charge is 0.417 e. The van der Waals surface area contributed by atoms with Crippen LogP contribution in [0.1, 0.15) is 5.56 Å². The molecule has 1 heterocycles. The number of carbonyl (C=O) groups excluding carboxylic acids is 1. The molecule has 1 rings (SSSR count). The van der Waals surface area contributed by atoms with E-state index in [9.17, 15) is 22.8 Å². The number of primary amides is 1. The van der Waals surface area contributed by atoms with E-state index in [1.807, 2.05) is 0 Å². The van der Waals surface area contributed by atoms with Gasteiger partial charge in [-0.15, -0.1) is 0 Å². The zero-order valence-electron chi connectivity index (χ0n) is 8.28. The lowest BCUT2D eigenvalue weighted by Gasteiger charge is -2.11. The highest BCUT2D eigenvalue weighted by molar-refractivity contribution is 5.87. The van der Waals surface area contributed by atoms with E-state index in [-0.39, 0.29) is 0 Å². The molecule has 0 unspecified atom stereocenters. The lowest BCUT2D eigenvalue weighted by molar-refractivity contribution is -0.138. The van der Waals surface area contributed by atoms with Gasteiger partial charge in [-0.3, -0.25) is 9.36 Å². The normalized spacial score (nSPS) is 11.3. The molecule has 0 saturated heterocycles. The second-order valence-electron chi connectivity index (χ2n) is 3.05. The number of alkyl halides is 3. The van der Waals surface area contributed by atoms with Gasteiger partial charge in [0.05, 0.1) is 5.56 Å². The molecular weight excluding hydrogens is 243 g/mol. The summed E-state index contributed by atoms with van der Waals surface area (Å²) in [7, 11) is 0. The van der Waals surface area contributed by atoms with Crippen molar-refractivity contribution in [3.05, 3.63) is 28.2 Å². The molecule has 4 N–H and O–H groups in total. The van der Waals surface area contributed by atoms with Crippen molar-refractivity contribution >= 4 is 11.7 Å². The summed E-state index contributed by atoms with van der Waals surface area (Å²) in [5.41, 5.74) is 1.88. The summed E-state index contributed by atoms with van der Waals surface area (Å²) in [4.78, 5) is 21.9. The van der Waals surface area contributed by atoms with E-state index in [1.165, 1.54) is 0 Å². The molecule has 0 aliphatic heterocycles. The van der Waals surface area contributed by atoms with Crippen LogP contribution in [0, 0.1) is 0 Å². The Kier molecular flexibility index (Phi) is 3.42. The second-order valence-corrected chi connectivity index (χ2v) is 3.05. The van der Waals surface area contributed by atoms with Gasteiger partial charge in [0.1, 0.15) is 12.4 Å². The summed E-state index contributed by atoms with van der Waals surface area (Å²) >= 11 is 0. The van der Waals surface area contributed by atoms with Crippen LogP contribution >= 0.6 is 0 Å². The van der Waals surface area contributed by atoms with E-state index in [0.717, 1.165) is 0 Å². The Bertz CT molecular complexity index is 495. The number of amides is 2. The predicted octanol–water partition coefficient (Wildman–Crippen LogP) is 0.308. The van der Waals surface area contributed by atoms with Crippen molar-refractivity contribution in [3.8, 4) is 0 Å². The molecular formula is C8H8F3N3O3. The maximum absolute atomic E-state index is 12.4. The molecule has 0 atom stereocenters. The highest BCUT2D eigenvalue weighted by Gasteiger charge is 2.32. The maximum Gasteiger partial charge on any atom is 0.417 e. The van der Waals surface area contributed by atoms with Gasteiger partial charge in [-0.1, -0.05) is 0 Å². The molecule has 1 aromatic rings. The highest BCUT2D eigenvalue weighted by atomic mass is 19.4. The first kappa shape index (κ1) is 13.0. The Hall–Kier alpha value is -2.03. The Morgan fingerprint density at radius 2 is 2.12 bits per heavy atom. The lowest BCUT2D eigenvalue weighted by atomic mass is 10.2. The molecule has 0 spiro atoms. The van der Waals surface area contributed by atoms with Crippen LogP contribution < -0.4 is 16.6 Å². The zero-order chi connectivity index (χ0) is 13.2. The average Bonchev–Trinajstić information content (AvgIpc) is 2.18. The van der Waals surface area contributed by atoms with Gasteiger partial charge >= 0.3 is 12.2 Å². The van der Waals surface area contributed by atoms with Gasteiger partial charge in [-0.25, -0.2) is 4.79 Å². The number of hydrogen-bond acceptors (Lipinski definition) is 3. The van der Waals surface area contributed by atoms with E-state index >= 15 is 0 Å². The van der Waals surface area contributed by atoms with Gasteiger partial charge < -0.3 is 16.2 Å². The van der Waals surface area contributed by atoms with E-state index in [0.29, 0.717) is 16.8 Å². The zero-order valence-corrected chi connectivity index (χ0v) is 8.28. The van der Waals surface area contributed by atoms with E-state index in [4.69, 9.17) is 10.8 Å². The number of aliphatic hydroxyl groups excluding tert-OH is 1. The molecule has 0 aliphatic carbocycles. The van der Waals surface area contributed by atoms with Crippen LogP contribution in [-0.4, -0.2) is 15.7 Å². The molecule has 0 aromatic carbocycles. The van der Waals surface area contributed by atoms with Crippen molar-refractivity contribution in [2.75, 3.05) is 5.32 Å². The number of halogens is 3. The predicted molar refractivity (Wildman–Crippen MR) is 51.1 cm³/mol. The topological polar surface area (TPSA) is 97.3 Å². The molecule has 0 radical (unpaired) electrons. The third-order valence-corrected chi connectivity index (χ3v) is 1.82. The number of nitrogens with one attached hydrogen (secondary N) is 1. The fraction of sp³-hybridized carbons (Fsp3) is 0.250. The number of aliphatic hydroxyl groups is 1. The van der Waals surface area contributed by atoms with Gasteiger partial charge in [0.2, 0.25) is 0 Å². The Morgan fingerprint density at radius 3 is 2.53 bits per heavy atom. The first-order valence-electron chi connectivity index (χ1n) is 4.24. The maximum atomic E-state index is 12.4. The average molecular weight is 251 g/mol. The van der Waals surface area contributed by atoms with E-state index < -0.39 is 35.7 Å². The number of nitrogens with zero attached hydrogens (tertiary/aromatic N) is 1. The van der Waals surface area contributed by atoms with Gasteiger partial charge in [0.25, 0.3) is 5.56 Å². The molecule has 94 valence electrons. The minimum atomic E-state index is -4.71. The fourth-order valence-corrected chi connectivity index (χ4v) is 1.12. The van der Waals surface area contributed by atoms with E-state index in [2.05, 4.69) is 0 Å². The second kappa shape index (κ2) is 4.45. The van der Waals surface area contributed by atoms with Gasteiger partial charge in [-0.2, -0.15) is 13.2 Å². The van der Waals surface area contributed by atoms with Crippen molar-refractivity contribution in [2.24, 2.45) is 5.73 Å². The van der Waals surface area contributed by atoms with Crippen molar-refractivity contribution in [3.63, 3.8) is 0 Å². The summed E-state index contributed by atoms with van der Waals surface area (Å²) in [5, 5.41) is 10.5. The Morgan fingerprint density at radius 1 is 1.53 bits per heavy atom. The Labute approximate surface area is 92.5 Å². The summed E-state index contributed by atoms with van der Waals surface area (Å²) < 4.78 is 37.6. The van der Waals surface area contributed by atoms with Gasteiger partial charge in [0, 0.05) is 6.20 Å². The molecule has 9 heteroatoms. The number of hydrogen-bond donors (Lipinski definition) is 3. The van der Waals surface area contributed by atoms with Crippen molar-refractivity contribution in [1.29, 1.82) is 0 Å². The summed E-state index contributed by atoms with van der Waals surface area (Å²) in [6, 6.07) is -0.731. The molecule has 0 fully saturated rings. The van der Waals surface area contributed by atoms with E-state index in [1.54, 1.807) is 5.32 Å². The molecule has 0 aliphatic rings. The first-order valence-corrected chi connectivity index (χ1v) is 4.24. The molecule has 0 bridgehead atoms. The molecule has 17 heavy (non-hydrogen) atoms. The van der Waals surface area contributed by atoms with Crippen LogP contribution in [0.5, 0.6) is 0 Å². The standard InChI is InChI=1S/C8H8F3N3O3/c9-8(10,11)4-1-5(13-7(12)17)6(16)14(2-4)3-15/h1-2,15H,3H2,(H3,12,13,17). The van der Waals surface area contributed by atoms with Crippen LogP contribution in [0.25, 0.3) is 0 Å². The van der Waals surface area contributed by atoms with Crippen LogP contribution in [0.15, 0.2) is 17.1 Å². The molecule has 6 nitrogen and oxygen atoms in total. The number of aromatic nitrogens is 1. The monoisotopic (exact) mass is 251 g/mol. The fourth-order valence-electron chi connectivity index (χ4n) is 1.12. The summed E-state index contributed by atoms with van der Waals surface area (Å²) in [5.74, 6) is 0. The number of pyridine rings is 1. The first-order chi connectivity index (χ1) is 7.75. The smallest absolute Gasteiger partial charge is 0.376 e. The van der Waals surface area contributed by atoms with Crippen LogP contribution in [0.2, 0.25) is 0 Å². The van der Waals surface area contributed by atoms with Crippen LogP contribution in [-0.2, 0) is 12.9 Å². The number of carbonyl (C=O) groups is 1. The summed E-state index contributed by atoms with van der Waals surface area (Å²) in [6.07, 6.45) is -4.27. The van der Waals surface area contributed by atoms with Crippen molar-refractivity contribution in [1.82, 2.24) is 4.57 Å². The van der Waals surface area contributed by atoms with Crippen LogP contribution in [0.3, 0.4) is 0 Å². The van der Waals surface area contributed by atoms with Crippen molar-refractivity contribution in [2.45, 2.75) is 12.9 Å². The van der Waals surface area contributed by atoms with Crippen molar-refractivity contribution < 1.29 is 23.1 Å². The lowest BCUT2D eigenvalue weighted by Crippen LogP contribution is -2.29. The van der Waals surface area contributed by atoms with Gasteiger partial charge in [-0.05, 0) is 6.07 Å². The van der Waals surface area contributed by atoms with Crippen LogP contribution in [0.4, 0.5) is 23.7 Å². The third kappa shape index (κ3) is 2.97. The number of urea groups is 1. The third-order valence-electron chi connectivity index (χ3n) is 1.82. The number of rotatable bonds is 2. The highest BCUT2D eigenvalue weighted by Crippen LogP contribution is 2.29. The number of nitrogens with two attached hydrogens (primary N) is 1. The molecule has 2 amide bonds. The molecule has 1 aromatic heterocycles. The Balaban J connectivity index is 3.39. The minimum absolute atomic E-state index is 0.397. The minimum Gasteiger partial charge on any atom is -0.376 e. The molecule has 0 saturated carbocycles. The quantitative estimate of drug-likeness (QED) is 0.705. The number of anilines is 1. The SMILES string of the molecule is NC(=O)Nc1cc(C(F)(F)F)cn(CO)c1=O. The summed E-state index contributed by atoms with van der Waals surface area (Å²) in [6.45, 7) is -0.948.